The summed E-state index contributed by atoms with van der Waals surface area (Å²) >= 11 is 1.61. The molecule has 0 aromatic carbocycles. The molecule has 0 aliphatic heterocycles. The van der Waals surface area contributed by atoms with Crippen molar-refractivity contribution in [1.29, 1.82) is 0 Å². The molecule has 0 amide bonds. The zero-order valence-corrected chi connectivity index (χ0v) is 10.2. The van der Waals surface area contributed by atoms with E-state index in [1.165, 1.54) is 9.39 Å². The van der Waals surface area contributed by atoms with E-state index < -0.39 is 5.97 Å². The summed E-state index contributed by atoms with van der Waals surface area (Å²) in [5.74, 6) is -1.12. The molecule has 0 saturated heterocycles. The fraction of sp³-hybridized carbons (Fsp3) is 0.0909. The van der Waals surface area contributed by atoms with E-state index in [1.54, 1.807) is 23.6 Å². The Labute approximate surface area is 106 Å². The van der Waals surface area contributed by atoms with E-state index in [1.807, 2.05) is 19.1 Å². The molecule has 3 aromatic heterocycles. The molecule has 0 aliphatic rings. The summed E-state index contributed by atoms with van der Waals surface area (Å²) in [6.07, 6.45) is 1.60. The van der Waals surface area contributed by atoms with Crippen LogP contribution in [0.3, 0.4) is 0 Å². The Balaban J connectivity index is 2.26. The number of nitrogens with zero attached hydrogens (tertiary/aromatic N) is 4. The number of carboxylic acids is 1. The summed E-state index contributed by atoms with van der Waals surface area (Å²) < 4.78 is 1.45. The van der Waals surface area contributed by atoms with Crippen molar-refractivity contribution in [2.75, 3.05) is 0 Å². The van der Waals surface area contributed by atoms with Crippen molar-refractivity contribution in [3.05, 3.63) is 35.1 Å². The van der Waals surface area contributed by atoms with E-state index in [9.17, 15) is 4.79 Å². The molecular weight excluding hydrogens is 252 g/mol. The van der Waals surface area contributed by atoms with Gasteiger partial charge in [-0.2, -0.15) is 9.50 Å². The van der Waals surface area contributed by atoms with E-state index in [2.05, 4.69) is 15.1 Å². The van der Waals surface area contributed by atoms with Crippen LogP contribution in [-0.4, -0.2) is 30.7 Å². The van der Waals surface area contributed by atoms with Crippen molar-refractivity contribution in [1.82, 2.24) is 19.6 Å². The average molecular weight is 260 g/mol. The van der Waals surface area contributed by atoms with E-state index in [-0.39, 0.29) is 11.6 Å². The topological polar surface area (TPSA) is 80.4 Å². The predicted molar refractivity (Wildman–Crippen MR) is 65.8 cm³/mol. The summed E-state index contributed by atoms with van der Waals surface area (Å²) in [5, 5.41) is 12.8. The number of aromatic nitrogens is 4. The number of carbonyl (C=O) groups is 1. The Morgan fingerprint density at radius 3 is 2.89 bits per heavy atom. The lowest BCUT2D eigenvalue weighted by atomic mass is 10.3. The van der Waals surface area contributed by atoms with E-state index in [0.29, 0.717) is 0 Å². The maximum absolute atomic E-state index is 10.9. The van der Waals surface area contributed by atoms with Crippen molar-refractivity contribution in [2.45, 2.75) is 6.92 Å². The molecule has 0 aliphatic carbocycles. The quantitative estimate of drug-likeness (QED) is 0.760. The fourth-order valence-electron chi connectivity index (χ4n) is 1.64. The normalized spacial score (nSPS) is 10.9. The third-order valence-electron chi connectivity index (χ3n) is 2.42. The van der Waals surface area contributed by atoms with E-state index >= 15 is 0 Å². The third kappa shape index (κ3) is 1.65. The highest BCUT2D eigenvalue weighted by Gasteiger charge is 2.14. The van der Waals surface area contributed by atoms with Gasteiger partial charge in [-0.05, 0) is 25.1 Å². The van der Waals surface area contributed by atoms with Gasteiger partial charge in [-0.15, -0.1) is 16.4 Å². The Hall–Kier alpha value is -2.28. The van der Waals surface area contributed by atoms with Crippen molar-refractivity contribution < 1.29 is 9.90 Å². The predicted octanol–water partition coefficient (Wildman–Crippen LogP) is 1.86. The first-order valence-electron chi connectivity index (χ1n) is 5.17. The van der Waals surface area contributed by atoms with Gasteiger partial charge in [0, 0.05) is 11.1 Å². The molecule has 6 nitrogen and oxygen atoms in total. The van der Waals surface area contributed by atoms with Gasteiger partial charge in [0.25, 0.3) is 11.6 Å². The summed E-state index contributed by atoms with van der Waals surface area (Å²) in [6, 6.07) is 5.76. The zero-order chi connectivity index (χ0) is 12.7. The van der Waals surface area contributed by atoms with Gasteiger partial charge < -0.3 is 5.11 Å². The number of aryl methyl sites for hydroxylation is 1. The molecule has 0 saturated carbocycles. The second-order valence-corrected chi connectivity index (χ2v) is 4.98. The average Bonchev–Trinajstić information content (AvgIpc) is 2.94. The van der Waals surface area contributed by atoms with Gasteiger partial charge in [-0.1, -0.05) is 0 Å². The van der Waals surface area contributed by atoms with Crippen molar-refractivity contribution in [3.8, 4) is 10.6 Å². The lowest BCUT2D eigenvalue weighted by molar-refractivity contribution is 0.0684. The van der Waals surface area contributed by atoms with Gasteiger partial charge in [0.15, 0.2) is 0 Å². The minimum Gasteiger partial charge on any atom is -0.475 e. The van der Waals surface area contributed by atoms with Crippen LogP contribution in [0, 0.1) is 6.92 Å². The monoisotopic (exact) mass is 260 g/mol. The van der Waals surface area contributed by atoms with Crippen LogP contribution >= 0.6 is 11.3 Å². The first-order chi connectivity index (χ1) is 8.65. The molecule has 0 bridgehead atoms. The zero-order valence-electron chi connectivity index (χ0n) is 9.36. The van der Waals surface area contributed by atoms with Gasteiger partial charge in [0.1, 0.15) is 0 Å². The first-order valence-corrected chi connectivity index (χ1v) is 5.99. The van der Waals surface area contributed by atoms with Crippen LogP contribution in [0.2, 0.25) is 0 Å². The maximum Gasteiger partial charge on any atom is 0.375 e. The number of fused-ring (bicyclic) bond motifs is 1. The Kier molecular flexibility index (Phi) is 2.34. The molecule has 3 heterocycles. The fourth-order valence-corrected chi connectivity index (χ4v) is 2.52. The second kappa shape index (κ2) is 3.88. The van der Waals surface area contributed by atoms with Crippen molar-refractivity contribution in [3.63, 3.8) is 0 Å². The summed E-state index contributed by atoms with van der Waals surface area (Å²) in [4.78, 5) is 20.9. The van der Waals surface area contributed by atoms with Gasteiger partial charge >= 0.3 is 5.97 Å². The van der Waals surface area contributed by atoms with E-state index in [4.69, 9.17) is 5.11 Å². The number of thiophene rings is 1. The van der Waals surface area contributed by atoms with Crippen LogP contribution in [0.15, 0.2) is 24.4 Å². The minimum absolute atomic E-state index is 0.247. The Morgan fingerprint density at radius 1 is 1.39 bits per heavy atom. The lowest BCUT2D eigenvalue weighted by Crippen LogP contribution is -2.00. The molecule has 7 heteroatoms. The molecular formula is C11H8N4O2S. The van der Waals surface area contributed by atoms with Crippen molar-refractivity contribution in [2.24, 2.45) is 0 Å². The van der Waals surface area contributed by atoms with Crippen molar-refractivity contribution >= 4 is 23.1 Å². The molecule has 3 rings (SSSR count). The van der Waals surface area contributed by atoms with Gasteiger partial charge in [-0.25, -0.2) is 9.78 Å². The number of carboxylic acid groups (broad SMARTS) is 1. The van der Waals surface area contributed by atoms with Gasteiger partial charge in [-0.3, -0.25) is 0 Å². The molecule has 3 aromatic rings. The molecule has 1 N–H and O–H groups in total. The number of rotatable bonds is 2. The van der Waals surface area contributed by atoms with Crippen LogP contribution in [-0.2, 0) is 0 Å². The molecule has 90 valence electrons. The second-order valence-electron chi connectivity index (χ2n) is 3.69. The Bertz CT molecular complexity index is 746. The number of hydrogen-bond donors (Lipinski definition) is 1. The van der Waals surface area contributed by atoms with Crippen LogP contribution in [0.5, 0.6) is 0 Å². The highest BCUT2D eigenvalue weighted by Crippen LogP contribution is 2.27. The summed E-state index contributed by atoms with van der Waals surface area (Å²) in [5.41, 5.74) is 0.790. The minimum atomic E-state index is -1.16. The Morgan fingerprint density at radius 2 is 2.22 bits per heavy atom. The summed E-state index contributed by atoms with van der Waals surface area (Å²) in [7, 11) is 0. The third-order valence-corrected chi connectivity index (χ3v) is 3.45. The lowest BCUT2D eigenvalue weighted by Gasteiger charge is -1.99. The largest absolute Gasteiger partial charge is 0.475 e. The molecule has 0 radical (unpaired) electrons. The van der Waals surface area contributed by atoms with E-state index in [0.717, 1.165) is 10.6 Å². The highest BCUT2D eigenvalue weighted by atomic mass is 32.1. The van der Waals surface area contributed by atoms with Gasteiger partial charge in [0.2, 0.25) is 0 Å². The molecule has 18 heavy (non-hydrogen) atoms. The number of aromatic carboxylic acids is 1. The number of hydrogen-bond acceptors (Lipinski definition) is 5. The first kappa shape index (κ1) is 10.8. The highest BCUT2D eigenvalue weighted by molar-refractivity contribution is 7.15. The molecule has 0 fully saturated rings. The van der Waals surface area contributed by atoms with Crippen LogP contribution in [0.25, 0.3) is 16.3 Å². The molecule has 0 spiro atoms. The van der Waals surface area contributed by atoms with Crippen LogP contribution in [0.4, 0.5) is 0 Å². The van der Waals surface area contributed by atoms with Gasteiger partial charge in [0.05, 0.1) is 10.6 Å². The SMILES string of the molecule is Cc1ccc(-c2ccnc3nc(C(=O)O)nn23)s1. The van der Waals surface area contributed by atoms with Crippen LogP contribution < -0.4 is 0 Å². The molecule has 0 unspecified atom stereocenters. The van der Waals surface area contributed by atoms with Crippen LogP contribution in [0.1, 0.15) is 15.5 Å². The molecule has 0 atom stereocenters. The standard InChI is InChI=1S/C11H8N4O2S/c1-6-2-3-8(18-6)7-4-5-12-11-13-9(10(16)17)14-15(7)11/h2-5H,1H3,(H,16,17). The smallest absolute Gasteiger partial charge is 0.375 e. The summed E-state index contributed by atoms with van der Waals surface area (Å²) in [6.45, 7) is 2.01. The maximum atomic E-state index is 10.9.